The predicted molar refractivity (Wildman–Crippen MR) is 127 cm³/mol. The predicted octanol–water partition coefficient (Wildman–Crippen LogP) is 4.57. The van der Waals surface area contributed by atoms with Gasteiger partial charge in [-0.3, -0.25) is 4.79 Å². The maximum Gasteiger partial charge on any atom is 0.259 e. The second-order valence-corrected chi connectivity index (χ2v) is 11.3. The monoisotopic (exact) mass is 458 g/mol. The zero-order valence-corrected chi connectivity index (χ0v) is 20.6. The van der Waals surface area contributed by atoms with E-state index in [0.29, 0.717) is 12.2 Å². The van der Waals surface area contributed by atoms with E-state index in [-0.39, 0.29) is 23.2 Å². The van der Waals surface area contributed by atoms with Crippen LogP contribution < -0.4 is 9.88 Å². The fraction of sp³-hybridized carbons (Fsp3) is 0.480. The van der Waals surface area contributed by atoms with Crippen molar-refractivity contribution in [1.82, 2.24) is 0 Å². The van der Waals surface area contributed by atoms with E-state index in [1.807, 2.05) is 6.07 Å². The van der Waals surface area contributed by atoms with Crippen molar-refractivity contribution in [3.8, 4) is 5.75 Å². The number of aliphatic hydroxyl groups is 1. The molecule has 3 rings (SSSR count). The molecule has 0 bridgehead atoms. The molecule has 0 radical (unpaired) electrons. The average molecular weight is 459 g/mol. The van der Waals surface area contributed by atoms with Gasteiger partial charge >= 0.3 is 0 Å². The maximum atomic E-state index is 13.1. The summed E-state index contributed by atoms with van der Waals surface area (Å²) in [5, 5.41) is 16.1. The van der Waals surface area contributed by atoms with Crippen molar-refractivity contribution < 1.29 is 18.8 Å². The first-order valence-electron chi connectivity index (χ1n) is 11.0. The minimum Gasteiger partial charge on any atom is -0.493 e. The SMILES string of the molecule is CC(C)c1cc2c(c(C(C)C)c1CC(=O)N=S(N)(=O)c1ccc(C(C)(C)O)cc1)CCO2. The Hall–Kier alpha value is -2.22. The summed E-state index contributed by atoms with van der Waals surface area (Å²) in [6, 6.07) is 8.44. The van der Waals surface area contributed by atoms with Crippen LogP contribution in [0.25, 0.3) is 0 Å². The van der Waals surface area contributed by atoms with E-state index in [1.165, 1.54) is 0 Å². The van der Waals surface area contributed by atoms with Gasteiger partial charge < -0.3 is 9.84 Å². The molecule has 1 amide bonds. The van der Waals surface area contributed by atoms with E-state index in [4.69, 9.17) is 9.88 Å². The van der Waals surface area contributed by atoms with Gasteiger partial charge in [0.1, 0.15) is 15.7 Å². The number of nitrogens with two attached hydrogens (primary N) is 1. The van der Waals surface area contributed by atoms with E-state index < -0.39 is 21.4 Å². The summed E-state index contributed by atoms with van der Waals surface area (Å²) < 4.78 is 22.8. The topological polar surface area (TPSA) is 102 Å². The Labute approximate surface area is 191 Å². The summed E-state index contributed by atoms with van der Waals surface area (Å²) in [7, 11) is -3.40. The molecular weight excluding hydrogens is 424 g/mol. The Morgan fingerprint density at radius 2 is 1.81 bits per heavy atom. The van der Waals surface area contributed by atoms with Crippen LogP contribution in [0.2, 0.25) is 0 Å². The fourth-order valence-corrected chi connectivity index (χ4v) is 5.29. The Morgan fingerprint density at radius 3 is 2.34 bits per heavy atom. The van der Waals surface area contributed by atoms with Crippen molar-refractivity contribution in [1.29, 1.82) is 0 Å². The van der Waals surface area contributed by atoms with Gasteiger partial charge in [0.05, 0.1) is 23.5 Å². The number of amides is 1. The smallest absolute Gasteiger partial charge is 0.259 e. The molecule has 0 saturated heterocycles. The van der Waals surface area contributed by atoms with Crippen LogP contribution in [0.1, 0.15) is 81.2 Å². The molecule has 1 atom stereocenters. The largest absolute Gasteiger partial charge is 0.493 e. The molecule has 0 spiro atoms. The number of rotatable bonds is 6. The summed E-state index contributed by atoms with van der Waals surface area (Å²) >= 11 is 0. The molecule has 3 N–H and O–H groups in total. The second kappa shape index (κ2) is 8.96. The van der Waals surface area contributed by atoms with Gasteiger partial charge in [-0.05, 0) is 66.1 Å². The van der Waals surface area contributed by atoms with E-state index in [1.54, 1.807) is 38.1 Å². The number of carbonyl (C=O) groups is 1. The number of ether oxygens (including phenoxy) is 1. The summed E-state index contributed by atoms with van der Waals surface area (Å²) in [6.45, 7) is 12.4. The highest BCUT2D eigenvalue weighted by Crippen LogP contribution is 2.40. The van der Waals surface area contributed by atoms with Crippen molar-refractivity contribution in [2.24, 2.45) is 9.50 Å². The molecule has 2 aromatic carbocycles. The van der Waals surface area contributed by atoms with Crippen molar-refractivity contribution >= 4 is 15.8 Å². The van der Waals surface area contributed by atoms with Crippen LogP contribution in [-0.4, -0.2) is 21.8 Å². The van der Waals surface area contributed by atoms with Crippen LogP contribution in [0.3, 0.4) is 0 Å². The van der Waals surface area contributed by atoms with Crippen LogP contribution in [-0.2, 0) is 33.2 Å². The molecule has 1 aliphatic heterocycles. The highest BCUT2D eigenvalue weighted by Gasteiger charge is 2.26. The lowest BCUT2D eigenvalue weighted by atomic mass is 9.83. The molecule has 7 heteroatoms. The zero-order valence-electron chi connectivity index (χ0n) is 19.8. The molecule has 1 heterocycles. The lowest BCUT2D eigenvalue weighted by molar-refractivity contribution is -0.117. The highest BCUT2D eigenvalue weighted by molar-refractivity contribution is 7.91. The molecule has 174 valence electrons. The van der Waals surface area contributed by atoms with Crippen LogP contribution in [0.4, 0.5) is 0 Å². The quantitative estimate of drug-likeness (QED) is 0.662. The Balaban J connectivity index is 2.00. The van der Waals surface area contributed by atoms with Crippen molar-refractivity contribution in [2.45, 2.75) is 76.7 Å². The molecule has 0 saturated carbocycles. The fourth-order valence-electron chi connectivity index (χ4n) is 4.29. The third-order valence-electron chi connectivity index (χ3n) is 5.86. The third kappa shape index (κ3) is 5.05. The summed E-state index contributed by atoms with van der Waals surface area (Å²) in [5.41, 5.74) is 3.91. The van der Waals surface area contributed by atoms with E-state index in [9.17, 15) is 14.1 Å². The number of fused-ring (bicyclic) bond motifs is 1. The number of benzene rings is 2. The molecule has 32 heavy (non-hydrogen) atoms. The molecular formula is C25H34N2O4S. The van der Waals surface area contributed by atoms with Gasteiger partial charge in [-0.2, -0.15) is 0 Å². The molecule has 1 aliphatic rings. The normalized spacial score (nSPS) is 15.4. The van der Waals surface area contributed by atoms with E-state index >= 15 is 0 Å². The van der Waals surface area contributed by atoms with Gasteiger partial charge in [-0.1, -0.05) is 39.8 Å². The van der Waals surface area contributed by atoms with Gasteiger partial charge in [0, 0.05) is 12.0 Å². The van der Waals surface area contributed by atoms with Crippen molar-refractivity contribution in [2.75, 3.05) is 6.61 Å². The number of nitrogens with zero attached hydrogens (tertiary/aromatic N) is 1. The average Bonchev–Trinajstić information content (AvgIpc) is 3.13. The lowest BCUT2D eigenvalue weighted by Gasteiger charge is -2.22. The second-order valence-electron chi connectivity index (χ2n) is 9.56. The van der Waals surface area contributed by atoms with Gasteiger partial charge in [0.2, 0.25) is 0 Å². The first-order chi connectivity index (χ1) is 14.8. The van der Waals surface area contributed by atoms with Crippen LogP contribution in [0.5, 0.6) is 5.75 Å². The first kappa shape index (κ1) is 24.4. The molecule has 0 aliphatic carbocycles. The number of hydrogen-bond donors (Lipinski definition) is 2. The molecule has 0 aromatic heterocycles. The Bertz CT molecular complexity index is 1140. The summed E-state index contributed by atoms with van der Waals surface area (Å²) in [4.78, 5) is 13.2. The van der Waals surface area contributed by atoms with Crippen molar-refractivity contribution in [3.63, 3.8) is 0 Å². The molecule has 6 nitrogen and oxygen atoms in total. The summed E-state index contributed by atoms with van der Waals surface area (Å²) in [5.74, 6) is 0.803. The Kier molecular flexibility index (Phi) is 6.84. The summed E-state index contributed by atoms with van der Waals surface area (Å²) in [6.07, 6.45) is 0.866. The number of carbonyl (C=O) groups excluding carboxylic acids is 1. The third-order valence-corrected chi connectivity index (χ3v) is 7.28. The molecule has 2 aromatic rings. The maximum absolute atomic E-state index is 13.1. The van der Waals surface area contributed by atoms with Gasteiger partial charge in [0.15, 0.2) is 0 Å². The van der Waals surface area contributed by atoms with Crippen LogP contribution >= 0.6 is 0 Å². The van der Waals surface area contributed by atoms with E-state index in [2.05, 4.69) is 32.1 Å². The molecule has 0 fully saturated rings. The highest BCUT2D eigenvalue weighted by atomic mass is 32.2. The van der Waals surface area contributed by atoms with Gasteiger partial charge in [-0.15, -0.1) is 4.36 Å². The van der Waals surface area contributed by atoms with Gasteiger partial charge in [0.25, 0.3) is 5.91 Å². The van der Waals surface area contributed by atoms with Crippen LogP contribution in [0.15, 0.2) is 39.6 Å². The van der Waals surface area contributed by atoms with Crippen molar-refractivity contribution in [3.05, 3.63) is 58.1 Å². The minimum absolute atomic E-state index is 0.0459. The standard InChI is InChI=1S/C25H34N2O4S/c1-15(2)20-13-22-19(11-12-31-22)24(16(3)4)21(20)14-23(28)27-32(26,30)18-9-7-17(8-10-18)25(5,6)29/h7-10,13,15-16,29H,11-12,14H2,1-6H3,(H2,26,27,28,30). The van der Waals surface area contributed by atoms with Gasteiger partial charge in [-0.25, -0.2) is 9.35 Å². The Morgan fingerprint density at radius 1 is 1.19 bits per heavy atom. The lowest BCUT2D eigenvalue weighted by Crippen LogP contribution is -2.18. The van der Waals surface area contributed by atoms with E-state index in [0.717, 1.165) is 34.4 Å². The van der Waals surface area contributed by atoms with Crippen LogP contribution in [0, 0.1) is 0 Å². The minimum atomic E-state index is -3.40. The zero-order chi connectivity index (χ0) is 23.8. The molecule has 1 unspecified atom stereocenters. The number of hydrogen-bond acceptors (Lipinski definition) is 4. The first-order valence-corrected chi connectivity index (χ1v) is 12.6.